The fourth-order valence-electron chi connectivity index (χ4n) is 2.74. The smallest absolute Gasteiger partial charge is 0.294 e. The Hall–Kier alpha value is -2.22. The Kier molecular flexibility index (Phi) is 5.85. The van der Waals surface area contributed by atoms with Gasteiger partial charge in [0, 0.05) is 11.1 Å². The van der Waals surface area contributed by atoms with Crippen molar-refractivity contribution in [3.63, 3.8) is 0 Å². The first-order valence-corrected chi connectivity index (χ1v) is 11.5. The van der Waals surface area contributed by atoms with Crippen LogP contribution in [0.4, 0.5) is 5.69 Å². The second-order valence-corrected chi connectivity index (χ2v) is 12.7. The molecule has 0 saturated carbocycles. The molecule has 1 aromatic rings. The van der Waals surface area contributed by atoms with Crippen LogP contribution in [0.3, 0.4) is 0 Å². The molecule has 0 fully saturated rings. The minimum Gasteiger partial charge on any atom is -0.413 e. The molecule has 1 heterocycles. The number of aromatic nitrogens is 1. The standard InChI is InChI=1S/C17H25N5O3Si/c1-17(2,3)26(4,5)25-16-7-6-12(10-14(16)20-21-18)13-8-9-19-11-15(13)22(23)24/h8-11,14,16H,6-7H2,1-5H3. The predicted molar refractivity (Wildman–Crippen MR) is 103 cm³/mol. The molecular formula is C17H25N5O3Si. The van der Waals surface area contributed by atoms with Crippen LogP contribution < -0.4 is 0 Å². The molecular weight excluding hydrogens is 350 g/mol. The van der Waals surface area contributed by atoms with Crippen molar-refractivity contribution in [2.45, 2.75) is 63.9 Å². The molecule has 2 rings (SSSR count). The molecule has 0 spiro atoms. The number of allylic oxidation sites excluding steroid dienone is 1. The predicted octanol–water partition coefficient (Wildman–Crippen LogP) is 5.24. The summed E-state index contributed by atoms with van der Waals surface area (Å²) in [5, 5.41) is 15.2. The molecule has 2 unspecified atom stereocenters. The van der Waals surface area contributed by atoms with E-state index in [1.165, 1.54) is 12.4 Å². The first-order chi connectivity index (χ1) is 12.1. The lowest BCUT2D eigenvalue weighted by molar-refractivity contribution is -0.385. The summed E-state index contributed by atoms with van der Waals surface area (Å²) < 4.78 is 6.45. The van der Waals surface area contributed by atoms with Crippen LogP contribution in [-0.4, -0.2) is 30.4 Å². The highest BCUT2D eigenvalue weighted by molar-refractivity contribution is 6.74. The van der Waals surface area contributed by atoms with Crippen molar-refractivity contribution in [3.8, 4) is 0 Å². The summed E-state index contributed by atoms with van der Waals surface area (Å²) in [7, 11) is -2.02. The van der Waals surface area contributed by atoms with Gasteiger partial charge in [-0.15, -0.1) is 0 Å². The fourth-order valence-corrected chi connectivity index (χ4v) is 4.11. The zero-order valence-corrected chi connectivity index (χ0v) is 16.8. The topological polar surface area (TPSA) is 114 Å². The summed E-state index contributed by atoms with van der Waals surface area (Å²) in [5.74, 6) is 0. The van der Waals surface area contributed by atoms with Crippen LogP contribution in [0.15, 0.2) is 29.7 Å². The van der Waals surface area contributed by atoms with Crippen LogP contribution in [0.5, 0.6) is 0 Å². The van der Waals surface area contributed by atoms with E-state index >= 15 is 0 Å². The number of pyridine rings is 1. The van der Waals surface area contributed by atoms with Crippen molar-refractivity contribution >= 4 is 19.6 Å². The van der Waals surface area contributed by atoms with Gasteiger partial charge >= 0.3 is 0 Å². The summed E-state index contributed by atoms with van der Waals surface area (Å²) in [6.07, 6.45) is 5.66. The molecule has 0 N–H and O–H groups in total. The van der Waals surface area contributed by atoms with Gasteiger partial charge in [-0.3, -0.25) is 15.1 Å². The molecule has 0 amide bonds. The lowest BCUT2D eigenvalue weighted by Gasteiger charge is -2.41. The van der Waals surface area contributed by atoms with Gasteiger partial charge in [-0.1, -0.05) is 32.0 Å². The third-order valence-electron chi connectivity index (χ3n) is 5.23. The SMILES string of the molecule is CC(C)(C)[Si](C)(C)OC1CCC(c2ccncc2[N+](=O)[O-])=CC1N=[N+]=[N-]. The molecule has 26 heavy (non-hydrogen) atoms. The van der Waals surface area contributed by atoms with Crippen LogP contribution in [0, 0.1) is 10.1 Å². The number of nitro groups is 1. The van der Waals surface area contributed by atoms with Crippen LogP contribution in [0.1, 0.15) is 39.2 Å². The highest BCUT2D eigenvalue weighted by Crippen LogP contribution is 2.41. The minimum atomic E-state index is -2.02. The van der Waals surface area contributed by atoms with E-state index in [9.17, 15) is 10.1 Å². The average Bonchev–Trinajstić information content (AvgIpc) is 2.55. The Balaban J connectivity index is 2.36. The third kappa shape index (κ3) is 4.30. The van der Waals surface area contributed by atoms with Gasteiger partial charge < -0.3 is 4.43 Å². The first-order valence-electron chi connectivity index (χ1n) is 8.58. The number of nitrogens with zero attached hydrogens (tertiary/aromatic N) is 5. The van der Waals surface area contributed by atoms with E-state index in [2.05, 4.69) is 48.9 Å². The van der Waals surface area contributed by atoms with E-state index in [0.717, 1.165) is 5.57 Å². The second kappa shape index (κ2) is 7.57. The molecule has 0 aromatic carbocycles. The van der Waals surface area contributed by atoms with Gasteiger partial charge in [-0.2, -0.15) is 0 Å². The van der Waals surface area contributed by atoms with Gasteiger partial charge in [0.1, 0.15) is 6.20 Å². The van der Waals surface area contributed by atoms with Gasteiger partial charge in [-0.05, 0) is 48.1 Å². The molecule has 0 radical (unpaired) electrons. The van der Waals surface area contributed by atoms with Crippen molar-refractivity contribution in [2.24, 2.45) is 5.11 Å². The van der Waals surface area contributed by atoms with E-state index in [0.29, 0.717) is 18.4 Å². The molecule has 9 heteroatoms. The quantitative estimate of drug-likeness (QED) is 0.175. The fraction of sp³-hybridized carbons (Fsp3) is 0.588. The van der Waals surface area contributed by atoms with E-state index in [1.54, 1.807) is 6.07 Å². The maximum Gasteiger partial charge on any atom is 0.294 e. The van der Waals surface area contributed by atoms with Crippen molar-refractivity contribution in [2.75, 3.05) is 0 Å². The molecule has 0 saturated heterocycles. The van der Waals surface area contributed by atoms with E-state index < -0.39 is 19.3 Å². The summed E-state index contributed by atoms with van der Waals surface area (Å²) >= 11 is 0. The maximum absolute atomic E-state index is 11.3. The summed E-state index contributed by atoms with van der Waals surface area (Å²) in [6.45, 7) is 10.8. The normalized spacial score (nSPS) is 20.9. The van der Waals surface area contributed by atoms with Crippen LogP contribution >= 0.6 is 0 Å². The summed E-state index contributed by atoms with van der Waals surface area (Å²) in [5.41, 5.74) is 10.2. The molecule has 0 aliphatic heterocycles. The van der Waals surface area contributed by atoms with Crippen LogP contribution in [0.2, 0.25) is 18.1 Å². The number of hydrogen-bond donors (Lipinski definition) is 0. The van der Waals surface area contributed by atoms with Gasteiger partial charge in [0.15, 0.2) is 8.32 Å². The monoisotopic (exact) mass is 375 g/mol. The van der Waals surface area contributed by atoms with E-state index in [1.807, 2.05) is 6.08 Å². The highest BCUT2D eigenvalue weighted by atomic mass is 28.4. The lowest BCUT2D eigenvalue weighted by Crippen LogP contribution is -2.47. The van der Waals surface area contributed by atoms with E-state index in [4.69, 9.17) is 9.96 Å². The largest absolute Gasteiger partial charge is 0.413 e. The number of azide groups is 1. The number of rotatable bonds is 5. The summed E-state index contributed by atoms with van der Waals surface area (Å²) in [4.78, 5) is 17.6. The second-order valence-electron chi connectivity index (χ2n) is 7.99. The lowest BCUT2D eigenvalue weighted by atomic mass is 9.89. The Morgan fingerprint density at radius 3 is 2.73 bits per heavy atom. The molecule has 140 valence electrons. The van der Waals surface area contributed by atoms with Crippen molar-refractivity contribution in [1.82, 2.24) is 4.98 Å². The Labute approximate surface area is 154 Å². The first kappa shape index (κ1) is 20.1. The Morgan fingerprint density at radius 1 is 1.46 bits per heavy atom. The Bertz CT molecular complexity index is 766. The highest BCUT2D eigenvalue weighted by Gasteiger charge is 2.41. The molecule has 1 aliphatic rings. The minimum absolute atomic E-state index is 0.0396. The molecule has 1 aromatic heterocycles. The maximum atomic E-state index is 11.3. The third-order valence-corrected chi connectivity index (χ3v) is 9.74. The molecule has 1 aliphatic carbocycles. The molecule has 0 bridgehead atoms. The number of hydrogen-bond acceptors (Lipinski definition) is 5. The average molecular weight is 376 g/mol. The Morgan fingerprint density at radius 2 is 2.15 bits per heavy atom. The van der Waals surface area contributed by atoms with Crippen molar-refractivity contribution in [3.05, 3.63) is 50.7 Å². The zero-order chi connectivity index (χ0) is 19.5. The van der Waals surface area contributed by atoms with Crippen molar-refractivity contribution in [1.29, 1.82) is 0 Å². The van der Waals surface area contributed by atoms with Gasteiger partial charge in [0.05, 0.1) is 22.6 Å². The van der Waals surface area contributed by atoms with Gasteiger partial charge in [0.25, 0.3) is 5.69 Å². The molecule has 8 nitrogen and oxygen atoms in total. The van der Waals surface area contributed by atoms with Gasteiger partial charge in [0.2, 0.25) is 0 Å². The summed E-state index contributed by atoms with van der Waals surface area (Å²) in [6, 6.07) is 1.15. The van der Waals surface area contributed by atoms with Crippen LogP contribution in [0.25, 0.3) is 16.0 Å². The van der Waals surface area contributed by atoms with E-state index in [-0.39, 0.29) is 16.8 Å². The van der Waals surface area contributed by atoms with Gasteiger partial charge in [-0.25, -0.2) is 0 Å². The zero-order valence-electron chi connectivity index (χ0n) is 15.8. The van der Waals surface area contributed by atoms with Crippen LogP contribution in [-0.2, 0) is 4.43 Å². The van der Waals surface area contributed by atoms with Crippen molar-refractivity contribution < 1.29 is 9.35 Å². The molecule has 2 atom stereocenters.